The number of anilines is 2. The van der Waals surface area contributed by atoms with Crippen LogP contribution in [0.4, 0.5) is 11.5 Å². The molecule has 2 aliphatic heterocycles. The van der Waals surface area contributed by atoms with Gasteiger partial charge in [0.25, 0.3) is 5.91 Å². The van der Waals surface area contributed by atoms with Gasteiger partial charge in [0.05, 0.1) is 11.7 Å². The minimum absolute atomic E-state index is 0.0719. The number of rotatable bonds is 5. The molecule has 0 unspecified atom stereocenters. The van der Waals surface area contributed by atoms with Crippen molar-refractivity contribution in [2.45, 2.75) is 44.2 Å². The third-order valence-electron chi connectivity index (χ3n) is 6.05. The summed E-state index contributed by atoms with van der Waals surface area (Å²) >= 11 is 0. The Morgan fingerprint density at radius 3 is 2.62 bits per heavy atom. The summed E-state index contributed by atoms with van der Waals surface area (Å²) in [6.45, 7) is 1.38. The highest BCUT2D eigenvalue weighted by atomic mass is 16.5. The molecule has 7 nitrogen and oxygen atoms in total. The van der Waals surface area contributed by atoms with E-state index in [1.807, 2.05) is 53.4 Å². The number of nitrogens with zero attached hydrogens (tertiary/aromatic N) is 4. The average molecular weight is 430 g/mol. The number of amides is 1. The Bertz CT molecular complexity index is 1050. The van der Waals surface area contributed by atoms with Crippen LogP contribution in [0.1, 0.15) is 44.0 Å². The monoisotopic (exact) mass is 429 g/mol. The molecule has 164 valence electrons. The lowest BCUT2D eigenvalue weighted by Crippen LogP contribution is -2.41. The molecule has 3 aromatic rings. The molecule has 1 N–H and O–H groups in total. The molecule has 2 aliphatic rings. The van der Waals surface area contributed by atoms with Gasteiger partial charge in [-0.2, -0.15) is 0 Å². The topological polar surface area (TPSA) is 80.2 Å². The van der Waals surface area contributed by atoms with Crippen molar-refractivity contribution in [3.05, 3.63) is 66.7 Å². The molecule has 0 spiro atoms. The molecule has 0 saturated carbocycles. The molecule has 2 fully saturated rings. The molecule has 0 bridgehead atoms. The van der Waals surface area contributed by atoms with Crippen molar-refractivity contribution in [3.63, 3.8) is 0 Å². The highest BCUT2D eigenvalue weighted by Gasteiger charge is 2.36. The number of ether oxygens (including phenoxy) is 1. The molecular weight excluding hydrogens is 402 g/mol. The van der Waals surface area contributed by atoms with Crippen molar-refractivity contribution in [3.8, 4) is 11.3 Å². The zero-order valence-electron chi connectivity index (χ0n) is 18.0. The van der Waals surface area contributed by atoms with Crippen molar-refractivity contribution >= 4 is 17.4 Å². The molecular formula is C25H27N5O2. The SMILES string of the molecule is O=C([C@H]1CCCCO1)N1CCC[C@@H]1c1nc(Nc2ccccc2)cc(-c2ccncc2)n1. The minimum Gasteiger partial charge on any atom is -0.368 e. The lowest BCUT2D eigenvalue weighted by atomic mass is 10.1. The molecule has 7 heteroatoms. The predicted molar refractivity (Wildman–Crippen MR) is 122 cm³/mol. The lowest BCUT2D eigenvalue weighted by molar-refractivity contribution is -0.147. The number of likely N-dealkylation sites (tertiary alicyclic amines) is 1. The first-order valence-corrected chi connectivity index (χ1v) is 11.3. The van der Waals surface area contributed by atoms with Gasteiger partial charge in [0.1, 0.15) is 11.9 Å². The summed E-state index contributed by atoms with van der Waals surface area (Å²) in [4.78, 5) is 29.0. The Kier molecular flexibility index (Phi) is 6.07. The van der Waals surface area contributed by atoms with Gasteiger partial charge in [0.15, 0.2) is 5.82 Å². The van der Waals surface area contributed by atoms with Crippen molar-refractivity contribution < 1.29 is 9.53 Å². The van der Waals surface area contributed by atoms with E-state index < -0.39 is 0 Å². The van der Waals surface area contributed by atoms with E-state index in [-0.39, 0.29) is 18.1 Å². The first-order valence-electron chi connectivity index (χ1n) is 11.3. The van der Waals surface area contributed by atoms with Gasteiger partial charge in [0.2, 0.25) is 0 Å². The maximum absolute atomic E-state index is 13.2. The van der Waals surface area contributed by atoms with E-state index in [9.17, 15) is 4.79 Å². The Hall–Kier alpha value is -3.32. The molecule has 2 atom stereocenters. The number of benzene rings is 1. The van der Waals surface area contributed by atoms with Gasteiger partial charge in [-0.3, -0.25) is 9.78 Å². The second kappa shape index (κ2) is 9.44. The Morgan fingerprint density at radius 1 is 1.00 bits per heavy atom. The molecule has 0 aliphatic carbocycles. The molecule has 0 radical (unpaired) electrons. The number of nitrogens with one attached hydrogen (secondary N) is 1. The van der Waals surface area contributed by atoms with Gasteiger partial charge < -0.3 is 15.0 Å². The van der Waals surface area contributed by atoms with Gasteiger partial charge in [-0.25, -0.2) is 9.97 Å². The maximum atomic E-state index is 13.2. The average Bonchev–Trinajstić information content (AvgIpc) is 3.35. The van der Waals surface area contributed by atoms with Crippen LogP contribution in [-0.4, -0.2) is 45.0 Å². The third kappa shape index (κ3) is 4.48. The number of hydrogen-bond acceptors (Lipinski definition) is 6. The zero-order chi connectivity index (χ0) is 21.8. The van der Waals surface area contributed by atoms with E-state index in [0.29, 0.717) is 24.8 Å². The number of carbonyl (C=O) groups excluding carboxylic acids is 1. The smallest absolute Gasteiger partial charge is 0.252 e. The first-order chi connectivity index (χ1) is 15.8. The first kappa shape index (κ1) is 20.6. The van der Waals surface area contributed by atoms with Crippen LogP contribution in [0.15, 0.2) is 60.9 Å². The van der Waals surface area contributed by atoms with Crippen LogP contribution in [0.3, 0.4) is 0 Å². The molecule has 2 aromatic heterocycles. The number of hydrogen-bond donors (Lipinski definition) is 1. The normalized spacial score (nSPS) is 20.8. The third-order valence-corrected chi connectivity index (χ3v) is 6.05. The largest absolute Gasteiger partial charge is 0.368 e. The van der Waals surface area contributed by atoms with Crippen LogP contribution in [-0.2, 0) is 9.53 Å². The van der Waals surface area contributed by atoms with Gasteiger partial charge in [-0.05, 0) is 56.4 Å². The number of pyridine rings is 1. The van der Waals surface area contributed by atoms with Crippen LogP contribution < -0.4 is 5.32 Å². The zero-order valence-corrected chi connectivity index (χ0v) is 18.0. The summed E-state index contributed by atoms with van der Waals surface area (Å²) in [5.74, 6) is 1.45. The summed E-state index contributed by atoms with van der Waals surface area (Å²) in [5, 5.41) is 3.39. The van der Waals surface area contributed by atoms with E-state index >= 15 is 0 Å². The number of para-hydroxylation sites is 1. The molecule has 2 saturated heterocycles. The summed E-state index contributed by atoms with van der Waals surface area (Å²) < 4.78 is 5.78. The van der Waals surface area contributed by atoms with Crippen LogP contribution in [0.2, 0.25) is 0 Å². The predicted octanol–water partition coefficient (Wildman–Crippen LogP) is 4.51. The highest BCUT2D eigenvalue weighted by molar-refractivity contribution is 5.81. The quantitative estimate of drug-likeness (QED) is 0.643. The van der Waals surface area contributed by atoms with Gasteiger partial charge in [-0.1, -0.05) is 18.2 Å². The molecule has 5 rings (SSSR count). The van der Waals surface area contributed by atoms with Crippen molar-refractivity contribution in [1.82, 2.24) is 19.9 Å². The fraction of sp³-hybridized carbons (Fsp3) is 0.360. The fourth-order valence-electron chi connectivity index (χ4n) is 4.44. The Labute approximate surface area is 187 Å². The minimum atomic E-state index is -0.338. The second-order valence-electron chi connectivity index (χ2n) is 8.27. The highest BCUT2D eigenvalue weighted by Crippen LogP contribution is 2.34. The van der Waals surface area contributed by atoms with Crippen LogP contribution in [0.5, 0.6) is 0 Å². The van der Waals surface area contributed by atoms with Crippen LogP contribution >= 0.6 is 0 Å². The van der Waals surface area contributed by atoms with Crippen molar-refractivity contribution in [2.24, 2.45) is 0 Å². The standard InChI is InChI=1S/C25H27N5O2/c31-25(22-10-4-5-16-32-22)30-15-6-9-21(30)24-28-20(18-11-13-26-14-12-18)17-23(29-24)27-19-7-2-1-3-8-19/h1-3,7-8,11-14,17,21-22H,4-6,9-10,15-16H2,(H,27,28,29)/t21-,22-/m1/s1. The molecule has 32 heavy (non-hydrogen) atoms. The summed E-state index contributed by atoms with van der Waals surface area (Å²) in [6, 6.07) is 15.6. The van der Waals surface area contributed by atoms with E-state index in [4.69, 9.17) is 14.7 Å². The maximum Gasteiger partial charge on any atom is 0.252 e. The molecule has 1 aromatic carbocycles. The molecule has 4 heterocycles. The van der Waals surface area contributed by atoms with Crippen LogP contribution in [0, 0.1) is 0 Å². The van der Waals surface area contributed by atoms with Crippen molar-refractivity contribution in [1.29, 1.82) is 0 Å². The van der Waals surface area contributed by atoms with E-state index in [2.05, 4.69) is 10.3 Å². The second-order valence-corrected chi connectivity index (χ2v) is 8.27. The van der Waals surface area contributed by atoms with E-state index in [1.165, 1.54) is 0 Å². The van der Waals surface area contributed by atoms with Gasteiger partial charge in [-0.15, -0.1) is 0 Å². The summed E-state index contributed by atoms with van der Waals surface area (Å²) in [7, 11) is 0. The molecule has 1 amide bonds. The summed E-state index contributed by atoms with van der Waals surface area (Å²) in [5.41, 5.74) is 2.73. The lowest BCUT2D eigenvalue weighted by Gasteiger charge is -2.30. The van der Waals surface area contributed by atoms with Crippen molar-refractivity contribution in [2.75, 3.05) is 18.5 Å². The Morgan fingerprint density at radius 2 is 1.84 bits per heavy atom. The number of carbonyl (C=O) groups is 1. The van der Waals surface area contributed by atoms with E-state index in [1.54, 1.807) is 12.4 Å². The van der Waals surface area contributed by atoms with Crippen LogP contribution in [0.25, 0.3) is 11.3 Å². The fourth-order valence-corrected chi connectivity index (χ4v) is 4.44. The van der Waals surface area contributed by atoms with E-state index in [0.717, 1.165) is 49.0 Å². The van der Waals surface area contributed by atoms with Gasteiger partial charge in [0, 0.05) is 42.9 Å². The van der Waals surface area contributed by atoms with Gasteiger partial charge >= 0.3 is 0 Å². The number of aromatic nitrogens is 3. The summed E-state index contributed by atoms with van der Waals surface area (Å²) in [6.07, 6.45) is 7.82. The Balaban J connectivity index is 1.48.